The van der Waals surface area contributed by atoms with E-state index in [0.717, 1.165) is 25.0 Å². The molecule has 0 bridgehead atoms. The van der Waals surface area contributed by atoms with E-state index in [0.29, 0.717) is 22.9 Å². The topological polar surface area (TPSA) is 50.7 Å². The molecule has 0 aliphatic heterocycles. The summed E-state index contributed by atoms with van der Waals surface area (Å²) in [5.74, 6) is -0.448. The Bertz CT molecular complexity index is 823. The fourth-order valence-electron chi connectivity index (χ4n) is 2.23. The lowest BCUT2D eigenvalue weighted by atomic mass is 10.1. The highest BCUT2D eigenvalue weighted by Gasteiger charge is 2.34. The summed E-state index contributed by atoms with van der Waals surface area (Å²) in [6.45, 7) is 2.53. The number of carbonyl (C=O) groups excluding carboxylic acids is 1. The first-order valence-electron chi connectivity index (χ1n) is 8.25. The van der Waals surface area contributed by atoms with E-state index in [1.807, 2.05) is 6.92 Å². The van der Waals surface area contributed by atoms with Crippen molar-refractivity contribution < 1.29 is 22.7 Å². The lowest BCUT2D eigenvalue weighted by Gasteiger charge is -2.11. The predicted molar refractivity (Wildman–Crippen MR) is 98.4 cm³/mol. The minimum Gasteiger partial charge on any atom is -0.493 e. The van der Waals surface area contributed by atoms with Gasteiger partial charge in [-0.25, -0.2) is 5.43 Å². The summed E-state index contributed by atoms with van der Waals surface area (Å²) in [6.07, 6.45) is -1.53. The number of amides is 1. The van der Waals surface area contributed by atoms with Gasteiger partial charge in [0.25, 0.3) is 5.91 Å². The van der Waals surface area contributed by atoms with Crippen LogP contribution in [0.5, 0.6) is 5.75 Å². The molecule has 4 nitrogen and oxygen atoms in total. The number of hydrogen-bond donors (Lipinski definition) is 1. The van der Waals surface area contributed by atoms with Crippen molar-refractivity contribution in [1.82, 2.24) is 5.43 Å². The van der Waals surface area contributed by atoms with Crippen molar-refractivity contribution in [2.24, 2.45) is 5.10 Å². The molecular weight excluding hydrogens is 381 g/mol. The van der Waals surface area contributed by atoms with Gasteiger partial charge in [0.05, 0.1) is 23.9 Å². The number of benzene rings is 2. The van der Waals surface area contributed by atoms with Gasteiger partial charge >= 0.3 is 6.18 Å². The number of hydrazone groups is 1. The molecule has 0 saturated heterocycles. The largest absolute Gasteiger partial charge is 0.493 e. The van der Waals surface area contributed by atoms with Crippen LogP contribution in [-0.2, 0) is 6.18 Å². The van der Waals surface area contributed by atoms with E-state index >= 15 is 0 Å². The lowest BCUT2D eigenvalue weighted by molar-refractivity contribution is -0.137. The highest BCUT2D eigenvalue weighted by Crippen LogP contribution is 2.31. The van der Waals surface area contributed by atoms with Crippen LogP contribution in [0.3, 0.4) is 0 Å². The molecule has 0 aliphatic carbocycles. The van der Waals surface area contributed by atoms with E-state index < -0.39 is 23.2 Å². The van der Waals surface area contributed by atoms with Crippen LogP contribution in [-0.4, -0.2) is 18.7 Å². The Balaban J connectivity index is 2.14. The molecule has 8 heteroatoms. The molecule has 0 unspecified atom stereocenters. The summed E-state index contributed by atoms with van der Waals surface area (Å²) >= 11 is 5.96. The maximum absolute atomic E-state index is 13.0. The first-order valence-corrected chi connectivity index (χ1v) is 8.62. The zero-order valence-electron chi connectivity index (χ0n) is 14.5. The summed E-state index contributed by atoms with van der Waals surface area (Å²) in [7, 11) is 0. The van der Waals surface area contributed by atoms with Gasteiger partial charge in [0, 0.05) is 10.6 Å². The normalized spacial score (nSPS) is 11.6. The van der Waals surface area contributed by atoms with Crippen molar-refractivity contribution in [3.8, 4) is 5.75 Å². The van der Waals surface area contributed by atoms with Crippen LogP contribution in [0.2, 0.25) is 5.02 Å². The van der Waals surface area contributed by atoms with Gasteiger partial charge in [0.1, 0.15) is 5.75 Å². The van der Waals surface area contributed by atoms with E-state index in [9.17, 15) is 18.0 Å². The molecule has 0 atom stereocenters. The van der Waals surface area contributed by atoms with Gasteiger partial charge < -0.3 is 4.74 Å². The Kier molecular flexibility index (Phi) is 7.24. The second kappa shape index (κ2) is 9.41. The molecule has 0 spiro atoms. The molecule has 0 aromatic heterocycles. The maximum Gasteiger partial charge on any atom is 0.417 e. The highest BCUT2D eigenvalue weighted by atomic mass is 35.5. The van der Waals surface area contributed by atoms with Crippen molar-refractivity contribution in [2.45, 2.75) is 25.9 Å². The Hall–Kier alpha value is -2.54. The minimum absolute atomic E-state index is 0.438. The molecule has 144 valence electrons. The van der Waals surface area contributed by atoms with Crippen LogP contribution in [0.25, 0.3) is 0 Å². The lowest BCUT2D eigenvalue weighted by Crippen LogP contribution is -2.22. The minimum atomic E-state index is -4.63. The third kappa shape index (κ3) is 5.99. The maximum atomic E-state index is 13.0. The van der Waals surface area contributed by atoms with Gasteiger partial charge in [-0.1, -0.05) is 37.1 Å². The van der Waals surface area contributed by atoms with E-state index in [1.54, 1.807) is 18.2 Å². The highest BCUT2D eigenvalue weighted by molar-refractivity contribution is 6.30. The number of unbranched alkanes of at least 4 members (excludes halogenated alkanes) is 1. The summed E-state index contributed by atoms with van der Waals surface area (Å²) in [5.41, 5.74) is 1.08. The van der Waals surface area contributed by atoms with Crippen molar-refractivity contribution in [1.29, 1.82) is 0 Å². The van der Waals surface area contributed by atoms with Crippen molar-refractivity contribution in [3.63, 3.8) is 0 Å². The number of ether oxygens (including phenoxy) is 1. The molecule has 0 aliphatic rings. The fraction of sp³-hybridized carbons (Fsp3) is 0.263. The molecule has 0 radical (unpaired) electrons. The molecule has 2 aromatic carbocycles. The van der Waals surface area contributed by atoms with Gasteiger partial charge in [-0.15, -0.1) is 0 Å². The van der Waals surface area contributed by atoms with Crippen molar-refractivity contribution in [2.75, 3.05) is 6.61 Å². The zero-order valence-corrected chi connectivity index (χ0v) is 15.3. The van der Waals surface area contributed by atoms with Gasteiger partial charge in [0.2, 0.25) is 0 Å². The molecule has 0 heterocycles. The number of carbonyl (C=O) groups is 1. The Morgan fingerprint density at radius 3 is 2.70 bits per heavy atom. The molecular formula is C19H18ClF3N2O2. The zero-order chi connectivity index (χ0) is 19.9. The number of halogens is 4. The SMILES string of the molecule is CCCCOc1ccc(Cl)cc1C=NNC(=O)c1ccccc1C(F)(F)F. The molecule has 2 aromatic rings. The molecule has 1 N–H and O–H groups in total. The number of nitrogens with zero attached hydrogens (tertiary/aromatic N) is 1. The van der Waals surface area contributed by atoms with Crippen LogP contribution >= 0.6 is 11.6 Å². The summed E-state index contributed by atoms with van der Waals surface area (Å²) in [5, 5.41) is 4.18. The Morgan fingerprint density at radius 2 is 2.00 bits per heavy atom. The van der Waals surface area contributed by atoms with Gasteiger partial charge in [-0.2, -0.15) is 18.3 Å². The van der Waals surface area contributed by atoms with E-state index in [4.69, 9.17) is 16.3 Å². The first-order chi connectivity index (χ1) is 12.8. The van der Waals surface area contributed by atoms with E-state index in [-0.39, 0.29) is 0 Å². The second-order valence-corrected chi connectivity index (χ2v) is 6.06. The smallest absolute Gasteiger partial charge is 0.417 e. The number of hydrogen-bond acceptors (Lipinski definition) is 3. The summed E-state index contributed by atoms with van der Waals surface area (Å²) in [6, 6.07) is 9.40. The predicted octanol–water partition coefficient (Wildman–Crippen LogP) is 5.30. The van der Waals surface area contributed by atoms with Crippen molar-refractivity contribution >= 4 is 23.7 Å². The van der Waals surface area contributed by atoms with Crippen LogP contribution < -0.4 is 10.2 Å². The average Bonchev–Trinajstić information content (AvgIpc) is 2.63. The monoisotopic (exact) mass is 398 g/mol. The van der Waals surface area contributed by atoms with Crippen LogP contribution in [0, 0.1) is 0 Å². The van der Waals surface area contributed by atoms with Gasteiger partial charge in [-0.3, -0.25) is 4.79 Å². The Labute approximate surface area is 160 Å². The molecule has 27 heavy (non-hydrogen) atoms. The second-order valence-electron chi connectivity index (χ2n) is 5.63. The van der Waals surface area contributed by atoms with E-state index in [2.05, 4.69) is 10.5 Å². The Morgan fingerprint density at radius 1 is 1.26 bits per heavy atom. The van der Waals surface area contributed by atoms with Crippen LogP contribution in [0.15, 0.2) is 47.6 Å². The van der Waals surface area contributed by atoms with E-state index in [1.165, 1.54) is 18.3 Å². The summed E-state index contributed by atoms with van der Waals surface area (Å²) < 4.78 is 44.6. The quantitative estimate of drug-likeness (QED) is 0.391. The standard InChI is InChI=1S/C19H18ClF3N2O2/c1-2-3-10-27-17-9-8-14(20)11-13(17)12-24-25-18(26)15-6-4-5-7-16(15)19(21,22)23/h4-9,11-12H,2-3,10H2,1H3,(H,25,26). The molecule has 0 fully saturated rings. The molecule has 1 amide bonds. The van der Waals surface area contributed by atoms with Crippen molar-refractivity contribution in [3.05, 3.63) is 64.2 Å². The summed E-state index contributed by atoms with van der Waals surface area (Å²) in [4.78, 5) is 12.1. The third-order valence-electron chi connectivity index (χ3n) is 3.57. The van der Waals surface area contributed by atoms with Gasteiger partial charge in [-0.05, 0) is 36.8 Å². The number of nitrogens with one attached hydrogen (secondary N) is 1. The first kappa shape index (κ1) is 20.8. The molecule has 0 saturated carbocycles. The number of rotatable bonds is 7. The fourth-order valence-corrected chi connectivity index (χ4v) is 2.41. The van der Waals surface area contributed by atoms with Crippen LogP contribution in [0.4, 0.5) is 13.2 Å². The van der Waals surface area contributed by atoms with Crippen LogP contribution in [0.1, 0.15) is 41.3 Å². The molecule has 2 rings (SSSR count). The third-order valence-corrected chi connectivity index (χ3v) is 3.81. The van der Waals surface area contributed by atoms with Gasteiger partial charge in [0.15, 0.2) is 0 Å². The average molecular weight is 399 g/mol. The number of alkyl halides is 3.